The first-order chi connectivity index (χ1) is 14.2. The molecule has 0 N–H and O–H groups in total. The Labute approximate surface area is 169 Å². The standard InChI is InChI=1S/C20H27FN6O2/c21-18-5-2-1-4-17(18)16-7-9-26(14-16)20(28)6-3-8-27-19(22-23-24-27)15-25-10-12-29-13-11-25/h1-2,4-5,16H,3,6-15H2. The van der Waals surface area contributed by atoms with Gasteiger partial charge in [0.1, 0.15) is 5.82 Å². The monoisotopic (exact) mass is 402 g/mol. The van der Waals surface area contributed by atoms with E-state index in [0.29, 0.717) is 44.6 Å². The molecule has 0 bridgehead atoms. The maximum absolute atomic E-state index is 14.0. The van der Waals surface area contributed by atoms with Gasteiger partial charge in [-0.1, -0.05) is 18.2 Å². The number of halogens is 1. The number of benzene rings is 1. The van der Waals surface area contributed by atoms with E-state index < -0.39 is 0 Å². The summed E-state index contributed by atoms with van der Waals surface area (Å²) in [6.45, 7) is 5.81. The molecule has 4 rings (SSSR count). The van der Waals surface area contributed by atoms with Gasteiger partial charge in [0.2, 0.25) is 5.91 Å². The fourth-order valence-electron chi connectivity index (χ4n) is 4.05. The molecule has 29 heavy (non-hydrogen) atoms. The molecule has 0 radical (unpaired) electrons. The lowest BCUT2D eigenvalue weighted by molar-refractivity contribution is -0.130. The lowest BCUT2D eigenvalue weighted by atomic mass is 9.98. The number of nitrogens with zero attached hydrogens (tertiary/aromatic N) is 6. The Kier molecular flexibility index (Phi) is 6.46. The van der Waals surface area contributed by atoms with E-state index in [1.54, 1.807) is 10.7 Å². The zero-order chi connectivity index (χ0) is 20.1. The van der Waals surface area contributed by atoms with E-state index >= 15 is 0 Å². The number of carbonyl (C=O) groups is 1. The van der Waals surface area contributed by atoms with Crippen LogP contribution in [-0.4, -0.2) is 75.3 Å². The Morgan fingerprint density at radius 1 is 1.21 bits per heavy atom. The van der Waals surface area contributed by atoms with Crippen LogP contribution in [0.25, 0.3) is 0 Å². The maximum Gasteiger partial charge on any atom is 0.222 e. The summed E-state index contributed by atoms with van der Waals surface area (Å²) in [5.41, 5.74) is 0.712. The number of hydrogen-bond acceptors (Lipinski definition) is 6. The third-order valence-corrected chi connectivity index (χ3v) is 5.72. The van der Waals surface area contributed by atoms with Crippen LogP contribution in [0.2, 0.25) is 0 Å². The van der Waals surface area contributed by atoms with Crippen molar-refractivity contribution in [2.24, 2.45) is 0 Å². The normalized spacial score (nSPS) is 20.3. The van der Waals surface area contributed by atoms with Crippen LogP contribution in [0, 0.1) is 5.82 Å². The van der Waals surface area contributed by atoms with Crippen LogP contribution in [0.1, 0.15) is 36.6 Å². The molecule has 3 heterocycles. The zero-order valence-corrected chi connectivity index (χ0v) is 16.5. The van der Waals surface area contributed by atoms with Gasteiger partial charge in [-0.2, -0.15) is 0 Å². The van der Waals surface area contributed by atoms with Gasteiger partial charge in [-0.3, -0.25) is 9.69 Å². The average molecular weight is 402 g/mol. The molecule has 2 aromatic rings. The highest BCUT2D eigenvalue weighted by Gasteiger charge is 2.28. The summed E-state index contributed by atoms with van der Waals surface area (Å²) in [4.78, 5) is 16.7. The fourth-order valence-corrected chi connectivity index (χ4v) is 4.05. The third-order valence-electron chi connectivity index (χ3n) is 5.72. The van der Waals surface area contributed by atoms with Crippen molar-refractivity contribution in [3.8, 4) is 0 Å². The Bertz CT molecular complexity index is 823. The Morgan fingerprint density at radius 2 is 2.03 bits per heavy atom. The molecule has 156 valence electrons. The van der Waals surface area contributed by atoms with Crippen LogP contribution < -0.4 is 0 Å². The van der Waals surface area contributed by atoms with E-state index in [-0.39, 0.29) is 17.6 Å². The SMILES string of the molecule is O=C(CCCn1nnnc1CN1CCOCC1)N1CCC(c2ccccc2F)C1. The van der Waals surface area contributed by atoms with E-state index in [2.05, 4.69) is 20.4 Å². The smallest absolute Gasteiger partial charge is 0.222 e. The minimum Gasteiger partial charge on any atom is -0.379 e. The Morgan fingerprint density at radius 3 is 2.86 bits per heavy atom. The molecule has 2 aliphatic rings. The van der Waals surface area contributed by atoms with Crippen LogP contribution in [0.4, 0.5) is 4.39 Å². The predicted octanol–water partition coefficient (Wildman–Crippen LogP) is 1.44. The fraction of sp³-hybridized carbons (Fsp3) is 0.600. The van der Waals surface area contributed by atoms with Gasteiger partial charge in [-0.25, -0.2) is 9.07 Å². The quantitative estimate of drug-likeness (QED) is 0.698. The van der Waals surface area contributed by atoms with Crippen molar-refractivity contribution in [1.29, 1.82) is 0 Å². The van der Waals surface area contributed by atoms with Crippen LogP contribution in [-0.2, 0) is 22.6 Å². The molecular weight excluding hydrogens is 375 g/mol. The first-order valence-corrected chi connectivity index (χ1v) is 10.3. The Hall–Kier alpha value is -2.39. The van der Waals surface area contributed by atoms with Crippen molar-refractivity contribution in [3.05, 3.63) is 41.5 Å². The van der Waals surface area contributed by atoms with E-state index in [0.717, 1.165) is 38.5 Å². The highest BCUT2D eigenvalue weighted by atomic mass is 19.1. The molecule has 0 aliphatic carbocycles. The summed E-state index contributed by atoms with van der Waals surface area (Å²) in [5.74, 6) is 0.838. The van der Waals surface area contributed by atoms with Crippen molar-refractivity contribution in [2.75, 3.05) is 39.4 Å². The third kappa shape index (κ3) is 4.97. The largest absolute Gasteiger partial charge is 0.379 e. The number of ether oxygens (including phenoxy) is 1. The summed E-state index contributed by atoms with van der Waals surface area (Å²) < 4.78 is 21.2. The number of tetrazole rings is 1. The highest BCUT2D eigenvalue weighted by Crippen LogP contribution is 2.29. The second-order valence-electron chi connectivity index (χ2n) is 7.66. The van der Waals surface area contributed by atoms with Crippen LogP contribution >= 0.6 is 0 Å². The molecule has 0 spiro atoms. The first kappa shape index (κ1) is 19.9. The molecule has 2 saturated heterocycles. The number of amides is 1. The molecule has 2 fully saturated rings. The molecule has 1 atom stereocenters. The minimum atomic E-state index is -0.182. The van der Waals surface area contributed by atoms with Gasteiger partial charge in [-0.05, 0) is 34.9 Å². The molecule has 1 unspecified atom stereocenters. The van der Waals surface area contributed by atoms with Gasteiger partial charge < -0.3 is 9.64 Å². The van der Waals surface area contributed by atoms with E-state index in [4.69, 9.17) is 4.74 Å². The number of hydrogen-bond donors (Lipinski definition) is 0. The zero-order valence-electron chi connectivity index (χ0n) is 16.5. The summed E-state index contributed by atoms with van der Waals surface area (Å²) in [5, 5.41) is 12.0. The number of rotatable bonds is 7. The van der Waals surface area contributed by atoms with Crippen LogP contribution in [0.5, 0.6) is 0 Å². The molecule has 1 aromatic carbocycles. The molecular formula is C20H27FN6O2. The summed E-state index contributed by atoms with van der Waals surface area (Å²) in [6, 6.07) is 6.86. The van der Waals surface area contributed by atoms with Gasteiger partial charge >= 0.3 is 0 Å². The lowest BCUT2D eigenvalue weighted by Gasteiger charge is -2.25. The minimum absolute atomic E-state index is 0.0831. The average Bonchev–Trinajstić information content (AvgIpc) is 3.39. The lowest BCUT2D eigenvalue weighted by Crippen LogP contribution is -2.36. The number of aromatic nitrogens is 4. The van der Waals surface area contributed by atoms with Gasteiger partial charge in [0.25, 0.3) is 0 Å². The van der Waals surface area contributed by atoms with Crippen molar-refractivity contribution in [2.45, 2.75) is 38.3 Å². The predicted molar refractivity (Wildman–Crippen MR) is 103 cm³/mol. The van der Waals surface area contributed by atoms with Gasteiger partial charge in [0.15, 0.2) is 5.82 Å². The summed E-state index contributed by atoms with van der Waals surface area (Å²) in [6.07, 6.45) is 1.94. The van der Waals surface area contributed by atoms with E-state index in [1.807, 2.05) is 17.0 Å². The van der Waals surface area contributed by atoms with Gasteiger partial charge in [0.05, 0.1) is 19.8 Å². The highest BCUT2D eigenvalue weighted by molar-refractivity contribution is 5.76. The van der Waals surface area contributed by atoms with Crippen LogP contribution in [0.15, 0.2) is 24.3 Å². The number of morpholine rings is 1. The molecule has 1 aromatic heterocycles. The molecule has 0 saturated carbocycles. The number of aryl methyl sites for hydroxylation is 1. The molecule has 9 heteroatoms. The Balaban J connectivity index is 1.24. The second kappa shape index (κ2) is 9.41. The van der Waals surface area contributed by atoms with E-state index in [1.165, 1.54) is 6.07 Å². The summed E-state index contributed by atoms with van der Waals surface area (Å²) >= 11 is 0. The van der Waals surface area contributed by atoms with Crippen molar-refractivity contribution in [1.82, 2.24) is 30.0 Å². The van der Waals surface area contributed by atoms with Crippen molar-refractivity contribution < 1.29 is 13.9 Å². The summed E-state index contributed by atoms with van der Waals surface area (Å²) in [7, 11) is 0. The topological polar surface area (TPSA) is 76.4 Å². The second-order valence-corrected chi connectivity index (χ2v) is 7.66. The number of likely N-dealkylation sites (tertiary alicyclic amines) is 1. The molecule has 8 nitrogen and oxygen atoms in total. The van der Waals surface area contributed by atoms with Gasteiger partial charge in [0, 0.05) is 45.1 Å². The first-order valence-electron chi connectivity index (χ1n) is 10.3. The number of carbonyl (C=O) groups excluding carboxylic acids is 1. The molecule has 2 aliphatic heterocycles. The van der Waals surface area contributed by atoms with Crippen molar-refractivity contribution >= 4 is 5.91 Å². The van der Waals surface area contributed by atoms with Gasteiger partial charge in [-0.15, -0.1) is 5.10 Å². The van der Waals surface area contributed by atoms with Crippen molar-refractivity contribution in [3.63, 3.8) is 0 Å². The molecule has 1 amide bonds. The maximum atomic E-state index is 14.0. The van der Waals surface area contributed by atoms with Crippen LogP contribution in [0.3, 0.4) is 0 Å². The van der Waals surface area contributed by atoms with E-state index in [9.17, 15) is 9.18 Å².